The topological polar surface area (TPSA) is 80.5 Å². The number of halogens is 1. The second kappa shape index (κ2) is 7.96. The van der Waals surface area contributed by atoms with Crippen LogP contribution < -0.4 is 5.73 Å². The third-order valence-electron chi connectivity index (χ3n) is 3.17. The molecule has 5 nitrogen and oxygen atoms in total. The van der Waals surface area contributed by atoms with Gasteiger partial charge in [-0.2, -0.15) is 0 Å². The molecule has 0 fully saturated rings. The average Bonchev–Trinajstić information content (AvgIpc) is 2.21. The van der Waals surface area contributed by atoms with E-state index in [2.05, 4.69) is 0 Å². The highest BCUT2D eigenvalue weighted by molar-refractivity contribution is 7.91. The summed E-state index contributed by atoms with van der Waals surface area (Å²) in [6.45, 7) is 5.21. The van der Waals surface area contributed by atoms with Gasteiger partial charge in [-0.05, 0) is 27.2 Å². The van der Waals surface area contributed by atoms with E-state index in [0.717, 1.165) is 0 Å². The van der Waals surface area contributed by atoms with E-state index in [1.807, 2.05) is 6.92 Å². The summed E-state index contributed by atoms with van der Waals surface area (Å²) in [4.78, 5) is 13.3. The van der Waals surface area contributed by atoms with Gasteiger partial charge in [0.25, 0.3) is 0 Å². The van der Waals surface area contributed by atoms with Crippen molar-refractivity contribution in [1.82, 2.24) is 4.90 Å². The number of amides is 1. The predicted molar refractivity (Wildman–Crippen MR) is 76.7 cm³/mol. The summed E-state index contributed by atoms with van der Waals surface area (Å²) in [6, 6.07) is -0.347. The lowest BCUT2D eigenvalue weighted by Crippen LogP contribution is -2.44. The van der Waals surface area contributed by atoms with Gasteiger partial charge in [-0.3, -0.25) is 4.79 Å². The van der Waals surface area contributed by atoms with Crippen molar-refractivity contribution in [3.8, 4) is 0 Å². The number of hydrogen-bond donors (Lipinski definition) is 1. The maximum atomic E-state index is 11.8. The van der Waals surface area contributed by atoms with Gasteiger partial charge in [-0.15, -0.1) is 12.4 Å². The number of sulfone groups is 1. The van der Waals surface area contributed by atoms with E-state index in [1.54, 1.807) is 20.9 Å². The molecular formula is C11H25ClN2O3S. The molecule has 0 aliphatic heterocycles. The van der Waals surface area contributed by atoms with Gasteiger partial charge in [-0.1, -0.05) is 0 Å². The van der Waals surface area contributed by atoms with Crippen LogP contribution in [-0.2, 0) is 14.6 Å². The van der Waals surface area contributed by atoms with Crippen molar-refractivity contribution in [2.24, 2.45) is 5.73 Å². The summed E-state index contributed by atoms with van der Waals surface area (Å²) in [5.41, 5.74) is 5.58. The van der Waals surface area contributed by atoms with Crippen LogP contribution in [0.2, 0.25) is 0 Å². The van der Waals surface area contributed by atoms with Crippen LogP contribution in [0.1, 0.15) is 33.6 Å². The van der Waals surface area contributed by atoms with Crippen LogP contribution >= 0.6 is 12.4 Å². The first-order valence-corrected chi connectivity index (χ1v) is 7.73. The first kappa shape index (κ1) is 20.0. The monoisotopic (exact) mass is 300 g/mol. The number of nitrogens with zero attached hydrogens (tertiary/aromatic N) is 1. The van der Waals surface area contributed by atoms with Gasteiger partial charge in [0.1, 0.15) is 0 Å². The molecule has 3 unspecified atom stereocenters. The Morgan fingerprint density at radius 3 is 2.06 bits per heavy atom. The molecule has 0 spiro atoms. The SMILES string of the molecule is CC(N)CCC(=O)N(C)C(C)C(C)S(C)(=O)=O.Cl. The molecule has 0 aliphatic carbocycles. The lowest BCUT2D eigenvalue weighted by atomic mass is 10.1. The molecule has 0 aliphatic rings. The zero-order valence-electron chi connectivity index (χ0n) is 11.7. The Morgan fingerprint density at radius 2 is 1.72 bits per heavy atom. The van der Waals surface area contributed by atoms with Crippen molar-refractivity contribution < 1.29 is 13.2 Å². The fourth-order valence-corrected chi connectivity index (χ4v) is 2.33. The molecule has 0 aromatic carbocycles. The number of nitrogens with two attached hydrogens (primary N) is 1. The average molecular weight is 301 g/mol. The fraction of sp³-hybridized carbons (Fsp3) is 0.909. The van der Waals surface area contributed by atoms with Gasteiger partial charge in [0.2, 0.25) is 5.91 Å². The molecule has 3 atom stereocenters. The highest BCUT2D eigenvalue weighted by atomic mass is 35.5. The minimum Gasteiger partial charge on any atom is -0.342 e. The number of hydrogen-bond acceptors (Lipinski definition) is 4. The molecule has 18 heavy (non-hydrogen) atoms. The summed E-state index contributed by atoms with van der Waals surface area (Å²) >= 11 is 0. The van der Waals surface area contributed by atoms with Crippen molar-refractivity contribution >= 4 is 28.2 Å². The Morgan fingerprint density at radius 1 is 1.28 bits per heavy atom. The van der Waals surface area contributed by atoms with Crippen molar-refractivity contribution in [2.75, 3.05) is 13.3 Å². The zero-order chi connectivity index (χ0) is 13.8. The maximum absolute atomic E-state index is 11.8. The van der Waals surface area contributed by atoms with E-state index in [0.29, 0.717) is 12.8 Å². The molecule has 0 heterocycles. The number of carbonyl (C=O) groups is 1. The molecule has 0 saturated heterocycles. The van der Waals surface area contributed by atoms with Crippen LogP contribution in [0, 0.1) is 0 Å². The molecule has 1 amide bonds. The van der Waals surface area contributed by atoms with Crippen LogP contribution in [0.4, 0.5) is 0 Å². The summed E-state index contributed by atoms with van der Waals surface area (Å²) in [5, 5.41) is -0.563. The molecular weight excluding hydrogens is 276 g/mol. The summed E-state index contributed by atoms with van der Waals surface area (Å²) in [6.07, 6.45) is 2.16. The standard InChI is InChI=1S/C11H24N2O3S.ClH/c1-8(12)6-7-11(14)13(4)9(2)10(3)17(5,15)16;/h8-10H,6-7,12H2,1-5H3;1H. The van der Waals surface area contributed by atoms with E-state index in [1.165, 1.54) is 11.2 Å². The second-order valence-electron chi connectivity index (χ2n) is 4.80. The highest BCUT2D eigenvalue weighted by Crippen LogP contribution is 2.12. The molecule has 0 saturated carbocycles. The van der Waals surface area contributed by atoms with Crippen molar-refractivity contribution in [3.63, 3.8) is 0 Å². The van der Waals surface area contributed by atoms with Gasteiger partial charge in [0.05, 0.1) is 5.25 Å². The predicted octanol–water partition coefficient (Wildman–Crippen LogP) is 0.816. The second-order valence-corrected chi connectivity index (χ2v) is 7.20. The van der Waals surface area contributed by atoms with Gasteiger partial charge in [0, 0.05) is 31.8 Å². The van der Waals surface area contributed by atoms with Gasteiger partial charge < -0.3 is 10.6 Å². The quantitative estimate of drug-likeness (QED) is 0.787. The van der Waals surface area contributed by atoms with Crippen LogP contribution in [-0.4, -0.2) is 49.9 Å². The molecule has 7 heteroatoms. The van der Waals surface area contributed by atoms with Crippen LogP contribution in [0.15, 0.2) is 0 Å². The molecule has 0 aromatic rings. The number of carbonyl (C=O) groups excluding carboxylic acids is 1. The van der Waals surface area contributed by atoms with Gasteiger partial charge in [0.15, 0.2) is 9.84 Å². The van der Waals surface area contributed by atoms with Crippen molar-refractivity contribution in [3.05, 3.63) is 0 Å². The van der Waals surface area contributed by atoms with E-state index < -0.39 is 15.1 Å². The summed E-state index contributed by atoms with van der Waals surface area (Å²) in [5.74, 6) is -0.0645. The Kier molecular flexibility index (Phi) is 8.85. The van der Waals surface area contributed by atoms with E-state index in [-0.39, 0.29) is 30.4 Å². The third-order valence-corrected chi connectivity index (χ3v) is 4.92. The zero-order valence-corrected chi connectivity index (χ0v) is 13.3. The molecule has 0 rings (SSSR count). The van der Waals surface area contributed by atoms with Crippen LogP contribution in [0.3, 0.4) is 0 Å². The molecule has 0 aromatic heterocycles. The first-order valence-electron chi connectivity index (χ1n) is 5.77. The minimum atomic E-state index is -3.13. The third kappa shape index (κ3) is 6.56. The van der Waals surface area contributed by atoms with E-state index >= 15 is 0 Å². The van der Waals surface area contributed by atoms with Gasteiger partial charge in [-0.25, -0.2) is 8.42 Å². The van der Waals surface area contributed by atoms with Crippen molar-refractivity contribution in [1.29, 1.82) is 0 Å². The highest BCUT2D eigenvalue weighted by Gasteiger charge is 2.27. The van der Waals surface area contributed by atoms with Gasteiger partial charge >= 0.3 is 0 Å². The Hall–Kier alpha value is -0.330. The van der Waals surface area contributed by atoms with Crippen molar-refractivity contribution in [2.45, 2.75) is 50.9 Å². The van der Waals surface area contributed by atoms with Crippen LogP contribution in [0.25, 0.3) is 0 Å². The normalized spacial score (nSPS) is 16.3. The fourth-order valence-electron chi connectivity index (χ4n) is 1.43. The maximum Gasteiger partial charge on any atom is 0.222 e. The Bertz CT molecular complexity index is 357. The first-order chi connectivity index (χ1) is 7.57. The summed E-state index contributed by atoms with van der Waals surface area (Å²) in [7, 11) is -1.50. The lowest BCUT2D eigenvalue weighted by Gasteiger charge is -2.29. The summed E-state index contributed by atoms with van der Waals surface area (Å²) < 4.78 is 22.8. The Labute approximate surface area is 116 Å². The molecule has 0 bridgehead atoms. The molecule has 110 valence electrons. The number of rotatable bonds is 6. The molecule has 2 N–H and O–H groups in total. The Balaban J connectivity index is 0. The smallest absolute Gasteiger partial charge is 0.222 e. The van der Waals surface area contributed by atoms with E-state index in [4.69, 9.17) is 5.73 Å². The van der Waals surface area contributed by atoms with Crippen LogP contribution in [0.5, 0.6) is 0 Å². The lowest BCUT2D eigenvalue weighted by molar-refractivity contribution is -0.131. The minimum absolute atomic E-state index is 0. The van der Waals surface area contributed by atoms with E-state index in [9.17, 15) is 13.2 Å². The molecule has 0 radical (unpaired) electrons. The largest absolute Gasteiger partial charge is 0.342 e.